The van der Waals surface area contributed by atoms with E-state index >= 15 is 0 Å². The number of anilines is 1. The number of hydrogen-bond acceptors (Lipinski definition) is 3. The minimum atomic E-state index is -0.398. The lowest BCUT2D eigenvalue weighted by molar-refractivity contribution is 0.0977. The standard InChI is InChI=1S/C16H13Cl3N2O2S/c1-2-23-14-4-3-9(5-13(14)19)15(22)21-16(24)20-12-7-10(17)6-11(18)8-12/h3-8H,2H2,1H3,(H2,20,21,22,24). The second-order valence-electron chi connectivity index (χ2n) is 4.64. The third kappa shape index (κ3) is 5.24. The van der Waals surface area contributed by atoms with Gasteiger partial charge in [-0.3, -0.25) is 10.1 Å². The van der Waals surface area contributed by atoms with Crippen molar-refractivity contribution in [3.8, 4) is 5.75 Å². The van der Waals surface area contributed by atoms with Crippen molar-refractivity contribution in [1.29, 1.82) is 0 Å². The molecule has 2 aromatic rings. The molecule has 0 aliphatic heterocycles. The van der Waals surface area contributed by atoms with Crippen molar-refractivity contribution in [2.45, 2.75) is 6.92 Å². The van der Waals surface area contributed by atoms with Gasteiger partial charge in [0.05, 0.1) is 11.6 Å². The Labute approximate surface area is 160 Å². The zero-order valence-electron chi connectivity index (χ0n) is 12.5. The minimum absolute atomic E-state index is 0.114. The van der Waals surface area contributed by atoms with Crippen LogP contribution in [-0.2, 0) is 0 Å². The molecule has 0 fully saturated rings. The molecule has 0 spiro atoms. The fourth-order valence-electron chi connectivity index (χ4n) is 1.88. The van der Waals surface area contributed by atoms with Gasteiger partial charge >= 0.3 is 0 Å². The van der Waals surface area contributed by atoms with Crippen LogP contribution in [0.3, 0.4) is 0 Å². The predicted molar refractivity (Wildman–Crippen MR) is 103 cm³/mol. The Morgan fingerprint density at radius 2 is 1.79 bits per heavy atom. The van der Waals surface area contributed by atoms with Gasteiger partial charge in [-0.15, -0.1) is 0 Å². The molecule has 0 aromatic heterocycles. The highest BCUT2D eigenvalue weighted by Crippen LogP contribution is 2.25. The van der Waals surface area contributed by atoms with Crippen molar-refractivity contribution in [2.75, 3.05) is 11.9 Å². The first-order chi connectivity index (χ1) is 11.4. The summed E-state index contributed by atoms with van der Waals surface area (Å²) in [7, 11) is 0. The van der Waals surface area contributed by atoms with Crippen LogP contribution < -0.4 is 15.4 Å². The number of hydrogen-bond donors (Lipinski definition) is 2. The van der Waals surface area contributed by atoms with Crippen molar-refractivity contribution in [2.24, 2.45) is 0 Å². The molecular weight excluding hydrogens is 391 g/mol. The molecule has 24 heavy (non-hydrogen) atoms. The zero-order valence-corrected chi connectivity index (χ0v) is 15.6. The molecule has 2 N–H and O–H groups in total. The molecule has 4 nitrogen and oxygen atoms in total. The topological polar surface area (TPSA) is 50.4 Å². The van der Waals surface area contributed by atoms with Crippen LogP contribution in [0.1, 0.15) is 17.3 Å². The summed E-state index contributed by atoms with van der Waals surface area (Å²) in [5.74, 6) is 0.121. The Morgan fingerprint density at radius 3 is 2.38 bits per heavy atom. The number of rotatable bonds is 4. The molecule has 2 aromatic carbocycles. The maximum absolute atomic E-state index is 12.2. The number of thiocarbonyl (C=S) groups is 1. The summed E-state index contributed by atoms with van der Waals surface area (Å²) in [6.07, 6.45) is 0. The predicted octanol–water partition coefficient (Wildman–Crippen LogP) is 5.17. The SMILES string of the molecule is CCOc1ccc(C(=O)NC(=S)Nc2cc(Cl)cc(Cl)c2)cc1Cl. The van der Waals surface area contributed by atoms with Crippen molar-refractivity contribution in [3.63, 3.8) is 0 Å². The lowest BCUT2D eigenvalue weighted by Crippen LogP contribution is -2.34. The molecule has 0 aliphatic rings. The van der Waals surface area contributed by atoms with E-state index < -0.39 is 5.91 Å². The quantitative estimate of drug-likeness (QED) is 0.691. The van der Waals surface area contributed by atoms with Crippen LogP contribution in [-0.4, -0.2) is 17.6 Å². The number of carbonyl (C=O) groups excluding carboxylic acids is 1. The molecule has 2 rings (SSSR count). The lowest BCUT2D eigenvalue weighted by Gasteiger charge is -2.11. The van der Waals surface area contributed by atoms with Crippen LogP contribution in [0.5, 0.6) is 5.75 Å². The molecule has 0 saturated heterocycles. The van der Waals surface area contributed by atoms with E-state index in [1.807, 2.05) is 6.92 Å². The first-order valence-electron chi connectivity index (χ1n) is 6.90. The molecule has 126 valence electrons. The monoisotopic (exact) mass is 402 g/mol. The Balaban J connectivity index is 2.03. The average molecular weight is 404 g/mol. The lowest BCUT2D eigenvalue weighted by atomic mass is 10.2. The molecule has 0 aliphatic carbocycles. The van der Waals surface area contributed by atoms with E-state index in [9.17, 15) is 4.79 Å². The molecule has 1 amide bonds. The van der Waals surface area contributed by atoms with Crippen molar-refractivity contribution in [1.82, 2.24) is 5.32 Å². The Morgan fingerprint density at radius 1 is 1.12 bits per heavy atom. The molecule has 8 heteroatoms. The number of amides is 1. The van der Waals surface area contributed by atoms with Gasteiger partial charge in [0.25, 0.3) is 5.91 Å². The molecule has 0 unspecified atom stereocenters. The molecule has 0 radical (unpaired) electrons. The molecule has 0 saturated carbocycles. The molecule has 0 atom stereocenters. The van der Waals surface area contributed by atoms with Crippen molar-refractivity contribution < 1.29 is 9.53 Å². The van der Waals surface area contributed by atoms with Crippen molar-refractivity contribution >= 4 is 63.7 Å². The number of benzene rings is 2. The van der Waals surface area contributed by atoms with Gasteiger partial charge in [-0.05, 0) is 55.5 Å². The van der Waals surface area contributed by atoms with Gasteiger partial charge in [0.2, 0.25) is 0 Å². The third-order valence-electron chi connectivity index (χ3n) is 2.84. The third-order valence-corrected chi connectivity index (χ3v) is 3.78. The Bertz CT molecular complexity index is 764. The molecular formula is C16H13Cl3N2O2S. The summed E-state index contributed by atoms with van der Waals surface area (Å²) in [5.41, 5.74) is 0.930. The van der Waals surface area contributed by atoms with Crippen LogP contribution >= 0.6 is 47.0 Å². The van der Waals surface area contributed by atoms with Crippen LogP contribution in [0, 0.1) is 0 Å². The summed E-state index contributed by atoms with van der Waals surface area (Å²) in [4.78, 5) is 12.2. The van der Waals surface area contributed by atoms with Gasteiger partial charge in [0.15, 0.2) is 5.11 Å². The van der Waals surface area contributed by atoms with Crippen LogP contribution in [0.25, 0.3) is 0 Å². The van der Waals surface area contributed by atoms with E-state index in [0.29, 0.717) is 38.7 Å². The summed E-state index contributed by atoms with van der Waals surface area (Å²) in [6.45, 7) is 2.34. The highest BCUT2D eigenvalue weighted by Gasteiger charge is 2.11. The fourth-order valence-corrected chi connectivity index (χ4v) is 2.85. The van der Waals surface area contributed by atoms with Gasteiger partial charge in [-0.2, -0.15) is 0 Å². The summed E-state index contributed by atoms with van der Waals surface area (Å²) >= 11 is 23.0. The Kier molecular flexibility index (Phi) is 6.69. The number of ether oxygens (including phenoxy) is 1. The summed E-state index contributed by atoms with van der Waals surface area (Å²) in [5, 5.41) is 6.78. The van der Waals surface area contributed by atoms with Crippen LogP contribution in [0.2, 0.25) is 15.1 Å². The van der Waals surface area contributed by atoms with E-state index in [4.69, 9.17) is 51.8 Å². The van der Waals surface area contributed by atoms with Gasteiger partial charge < -0.3 is 10.1 Å². The first kappa shape index (κ1) is 18.8. The summed E-state index contributed by atoms with van der Waals surface area (Å²) in [6, 6.07) is 9.62. The van der Waals surface area contributed by atoms with E-state index in [0.717, 1.165) is 0 Å². The maximum atomic E-state index is 12.2. The number of carbonyl (C=O) groups is 1. The fraction of sp³-hybridized carbons (Fsp3) is 0.125. The summed E-state index contributed by atoms with van der Waals surface area (Å²) < 4.78 is 5.33. The zero-order chi connectivity index (χ0) is 17.7. The van der Waals surface area contributed by atoms with Crippen LogP contribution in [0.15, 0.2) is 36.4 Å². The Hall–Kier alpha value is -1.53. The van der Waals surface area contributed by atoms with Crippen molar-refractivity contribution in [3.05, 3.63) is 57.0 Å². The maximum Gasteiger partial charge on any atom is 0.257 e. The molecule has 0 heterocycles. The second kappa shape index (κ2) is 8.53. The molecule has 0 bridgehead atoms. The normalized spacial score (nSPS) is 10.2. The minimum Gasteiger partial charge on any atom is -0.492 e. The van der Waals surface area contributed by atoms with Gasteiger partial charge in [0.1, 0.15) is 5.75 Å². The second-order valence-corrected chi connectivity index (χ2v) is 6.33. The average Bonchev–Trinajstić information content (AvgIpc) is 2.48. The van der Waals surface area contributed by atoms with Gasteiger partial charge in [-0.1, -0.05) is 34.8 Å². The smallest absolute Gasteiger partial charge is 0.257 e. The van der Waals surface area contributed by atoms with E-state index in [1.165, 1.54) is 6.07 Å². The number of nitrogens with one attached hydrogen (secondary N) is 2. The largest absolute Gasteiger partial charge is 0.492 e. The van der Waals surface area contributed by atoms with E-state index in [2.05, 4.69) is 10.6 Å². The van der Waals surface area contributed by atoms with Gasteiger partial charge in [0, 0.05) is 21.3 Å². The van der Waals surface area contributed by atoms with Crippen LogP contribution in [0.4, 0.5) is 5.69 Å². The van der Waals surface area contributed by atoms with E-state index in [1.54, 1.807) is 30.3 Å². The van der Waals surface area contributed by atoms with Gasteiger partial charge in [-0.25, -0.2) is 0 Å². The van der Waals surface area contributed by atoms with E-state index in [-0.39, 0.29) is 5.11 Å². The number of halogens is 3. The first-order valence-corrected chi connectivity index (χ1v) is 8.44. The highest BCUT2D eigenvalue weighted by molar-refractivity contribution is 7.80. The highest BCUT2D eigenvalue weighted by atomic mass is 35.5.